The second kappa shape index (κ2) is 6.08. The fourth-order valence-electron chi connectivity index (χ4n) is 2.93. The maximum Gasteiger partial charge on any atom is 0.276 e. The third-order valence-corrected chi connectivity index (χ3v) is 4.16. The van der Waals surface area contributed by atoms with Crippen LogP contribution >= 0.6 is 0 Å². The summed E-state index contributed by atoms with van der Waals surface area (Å²) < 4.78 is 2.14. The molecule has 0 saturated carbocycles. The average Bonchev–Trinajstić information content (AvgIpc) is 3.02. The molecule has 0 bridgehead atoms. The number of benzene rings is 1. The molecule has 1 amide bonds. The Balaban J connectivity index is 1.79. The molecule has 118 valence electrons. The summed E-state index contributed by atoms with van der Waals surface area (Å²) in [6, 6.07) is 10.4. The summed E-state index contributed by atoms with van der Waals surface area (Å²) in [5, 5.41) is 11.0. The summed E-state index contributed by atoms with van der Waals surface area (Å²) in [6.45, 7) is 3.38. The fraction of sp³-hybridized carbons (Fsp3) is 0.235. The van der Waals surface area contributed by atoms with Crippen LogP contribution in [0.25, 0.3) is 6.08 Å². The summed E-state index contributed by atoms with van der Waals surface area (Å²) >= 11 is 0. The predicted octanol–water partition coefficient (Wildman–Crippen LogP) is 3.01. The average molecular weight is 311 g/mol. The summed E-state index contributed by atoms with van der Waals surface area (Å²) in [4.78, 5) is 24.8. The summed E-state index contributed by atoms with van der Waals surface area (Å²) in [5.74, 6) is -0.136. The fourth-order valence-corrected chi connectivity index (χ4v) is 2.93. The molecule has 2 aromatic rings. The predicted molar refractivity (Wildman–Crippen MR) is 86.7 cm³/mol. The second-order valence-corrected chi connectivity index (χ2v) is 5.48. The third-order valence-electron chi connectivity index (χ3n) is 4.16. The zero-order valence-corrected chi connectivity index (χ0v) is 12.8. The first-order chi connectivity index (χ1) is 11.1. The van der Waals surface area contributed by atoms with Gasteiger partial charge in [-0.3, -0.25) is 14.9 Å². The van der Waals surface area contributed by atoms with E-state index in [1.54, 1.807) is 23.1 Å². The van der Waals surface area contributed by atoms with Crippen LogP contribution in [0.3, 0.4) is 0 Å². The number of hydrogen-bond donors (Lipinski definition) is 0. The number of amides is 1. The standard InChI is InChI=1S/C17H17N3O3/c1-13-15-7-4-10-18(15)11-12-19(13)17(21)9-8-14-5-2-3-6-16(14)20(22)23/h2-10,13H,11-12H2,1H3/b9-8+/t13-/m1/s1. The van der Waals surface area contributed by atoms with Crippen molar-refractivity contribution in [1.82, 2.24) is 9.47 Å². The van der Waals surface area contributed by atoms with Gasteiger partial charge in [0, 0.05) is 37.1 Å². The first kappa shape index (κ1) is 15.0. The minimum Gasteiger partial charge on any atom is -0.348 e. The Hall–Kier alpha value is -2.89. The van der Waals surface area contributed by atoms with Gasteiger partial charge in [-0.1, -0.05) is 12.1 Å². The van der Waals surface area contributed by atoms with Crippen molar-refractivity contribution in [3.05, 3.63) is 70.0 Å². The molecule has 1 aliphatic rings. The maximum absolute atomic E-state index is 12.5. The summed E-state index contributed by atoms with van der Waals surface area (Å²) in [7, 11) is 0. The zero-order valence-electron chi connectivity index (χ0n) is 12.8. The number of para-hydroxylation sites is 1. The Morgan fingerprint density at radius 3 is 2.83 bits per heavy atom. The molecule has 0 spiro atoms. The van der Waals surface area contributed by atoms with Crippen molar-refractivity contribution in [1.29, 1.82) is 0 Å². The molecule has 0 N–H and O–H groups in total. The van der Waals surface area contributed by atoms with Crippen molar-refractivity contribution < 1.29 is 9.72 Å². The number of aromatic nitrogens is 1. The van der Waals surface area contributed by atoms with E-state index >= 15 is 0 Å². The van der Waals surface area contributed by atoms with E-state index in [4.69, 9.17) is 0 Å². The van der Waals surface area contributed by atoms with E-state index in [0.29, 0.717) is 12.1 Å². The van der Waals surface area contributed by atoms with E-state index < -0.39 is 4.92 Å². The molecule has 0 saturated heterocycles. The van der Waals surface area contributed by atoms with Gasteiger partial charge >= 0.3 is 0 Å². The lowest BCUT2D eigenvalue weighted by Crippen LogP contribution is -2.39. The van der Waals surface area contributed by atoms with E-state index in [9.17, 15) is 14.9 Å². The van der Waals surface area contributed by atoms with Gasteiger partial charge in [0.25, 0.3) is 5.69 Å². The maximum atomic E-state index is 12.5. The first-order valence-corrected chi connectivity index (χ1v) is 7.45. The SMILES string of the molecule is C[C@@H]1c2cccn2CCN1C(=O)/C=C/c1ccccc1[N+](=O)[O-]. The molecule has 6 nitrogen and oxygen atoms in total. The number of nitro groups is 1. The highest BCUT2D eigenvalue weighted by molar-refractivity contribution is 5.92. The van der Waals surface area contributed by atoms with Crippen molar-refractivity contribution >= 4 is 17.7 Å². The Morgan fingerprint density at radius 2 is 2.04 bits per heavy atom. The zero-order chi connectivity index (χ0) is 16.4. The molecule has 1 aromatic carbocycles. The van der Waals surface area contributed by atoms with Crippen molar-refractivity contribution in [2.24, 2.45) is 0 Å². The summed E-state index contributed by atoms with van der Waals surface area (Å²) in [6.07, 6.45) is 4.94. The van der Waals surface area contributed by atoms with Gasteiger partial charge in [-0.15, -0.1) is 0 Å². The topological polar surface area (TPSA) is 68.4 Å². The van der Waals surface area contributed by atoms with Gasteiger partial charge in [0.05, 0.1) is 16.5 Å². The molecule has 3 rings (SSSR count). The van der Waals surface area contributed by atoms with Crippen LogP contribution in [0.2, 0.25) is 0 Å². The lowest BCUT2D eigenvalue weighted by Gasteiger charge is -2.34. The third kappa shape index (κ3) is 2.88. The smallest absolute Gasteiger partial charge is 0.276 e. The molecule has 6 heteroatoms. The van der Waals surface area contributed by atoms with E-state index in [0.717, 1.165) is 12.2 Å². The van der Waals surface area contributed by atoms with Crippen LogP contribution in [0.5, 0.6) is 0 Å². The Bertz CT molecular complexity index is 779. The number of carbonyl (C=O) groups excluding carboxylic acids is 1. The van der Waals surface area contributed by atoms with Crippen LogP contribution in [-0.4, -0.2) is 26.8 Å². The number of nitro benzene ring substituents is 1. The van der Waals surface area contributed by atoms with Gasteiger partial charge in [0.15, 0.2) is 0 Å². The minimum atomic E-state index is -0.444. The largest absolute Gasteiger partial charge is 0.348 e. The molecule has 0 fully saturated rings. The van der Waals surface area contributed by atoms with Crippen LogP contribution < -0.4 is 0 Å². The van der Waals surface area contributed by atoms with E-state index in [1.165, 1.54) is 18.2 Å². The van der Waals surface area contributed by atoms with Crippen molar-refractivity contribution in [2.75, 3.05) is 6.54 Å². The molecular weight excluding hydrogens is 294 g/mol. The normalized spacial score (nSPS) is 17.3. The minimum absolute atomic E-state index is 0.00267. The Kier molecular flexibility index (Phi) is 3.97. The molecule has 0 aliphatic carbocycles. The molecule has 23 heavy (non-hydrogen) atoms. The number of nitrogens with zero attached hydrogens (tertiary/aromatic N) is 3. The highest BCUT2D eigenvalue weighted by atomic mass is 16.6. The van der Waals surface area contributed by atoms with Crippen LogP contribution in [0, 0.1) is 10.1 Å². The van der Waals surface area contributed by atoms with Crippen molar-refractivity contribution in [3.8, 4) is 0 Å². The highest BCUT2D eigenvalue weighted by Gasteiger charge is 2.26. The van der Waals surface area contributed by atoms with E-state index in [2.05, 4.69) is 4.57 Å². The number of hydrogen-bond acceptors (Lipinski definition) is 3. The number of carbonyl (C=O) groups is 1. The lowest BCUT2D eigenvalue weighted by molar-refractivity contribution is -0.385. The number of fused-ring (bicyclic) bond motifs is 1. The quantitative estimate of drug-likeness (QED) is 0.497. The molecule has 0 unspecified atom stereocenters. The van der Waals surface area contributed by atoms with Gasteiger partial charge in [-0.2, -0.15) is 0 Å². The van der Waals surface area contributed by atoms with Crippen LogP contribution in [0.15, 0.2) is 48.7 Å². The first-order valence-electron chi connectivity index (χ1n) is 7.45. The molecule has 1 aromatic heterocycles. The van der Waals surface area contributed by atoms with Gasteiger partial charge in [-0.25, -0.2) is 0 Å². The Morgan fingerprint density at radius 1 is 1.26 bits per heavy atom. The molecule has 1 aliphatic heterocycles. The molecule has 1 atom stereocenters. The van der Waals surface area contributed by atoms with Crippen LogP contribution in [0.4, 0.5) is 5.69 Å². The van der Waals surface area contributed by atoms with Crippen molar-refractivity contribution in [3.63, 3.8) is 0 Å². The highest BCUT2D eigenvalue weighted by Crippen LogP contribution is 2.26. The van der Waals surface area contributed by atoms with Gasteiger partial charge in [0.2, 0.25) is 5.91 Å². The van der Waals surface area contributed by atoms with Crippen LogP contribution in [-0.2, 0) is 11.3 Å². The van der Waals surface area contributed by atoms with E-state index in [1.807, 2.05) is 25.3 Å². The Labute approximate surface area is 133 Å². The monoisotopic (exact) mass is 311 g/mol. The van der Waals surface area contributed by atoms with E-state index in [-0.39, 0.29) is 17.6 Å². The van der Waals surface area contributed by atoms with Crippen molar-refractivity contribution in [2.45, 2.75) is 19.5 Å². The molecule has 0 radical (unpaired) electrons. The van der Waals surface area contributed by atoms with Gasteiger partial charge < -0.3 is 9.47 Å². The van der Waals surface area contributed by atoms with Gasteiger partial charge in [0.1, 0.15) is 0 Å². The molecular formula is C17H17N3O3. The lowest BCUT2D eigenvalue weighted by atomic mass is 10.1. The number of rotatable bonds is 3. The van der Waals surface area contributed by atoms with Crippen LogP contribution in [0.1, 0.15) is 24.2 Å². The summed E-state index contributed by atoms with van der Waals surface area (Å²) in [5.41, 5.74) is 1.53. The second-order valence-electron chi connectivity index (χ2n) is 5.48. The van der Waals surface area contributed by atoms with Gasteiger partial charge in [-0.05, 0) is 31.2 Å². The molecule has 2 heterocycles.